The number of nitriles is 1. The highest BCUT2D eigenvalue weighted by molar-refractivity contribution is 5.33. The molecule has 0 aliphatic rings. The van der Waals surface area contributed by atoms with E-state index in [1.54, 1.807) is 6.07 Å². The summed E-state index contributed by atoms with van der Waals surface area (Å²) in [5.74, 6) is 0. The molecular formula is C14H21N3O. The van der Waals surface area contributed by atoms with E-state index in [9.17, 15) is 5.11 Å². The van der Waals surface area contributed by atoms with Crippen molar-refractivity contribution in [3.8, 4) is 6.07 Å². The summed E-state index contributed by atoms with van der Waals surface area (Å²) in [6, 6.07) is 9.77. The van der Waals surface area contributed by atoms with E-state index in [-0.39, 0.29) is 12.1 Å². The highest BCUT2D eigenvalue weighted by Gasteiger charge is 2.09. The quantitative estimate of drug-likeness (QED) is 0.791. The Bertz CT molecular complexity index is 412. The molecule has 0 aliphatic carbocycles. The summed E-state index contributed by atoms with van der Waals surface area (Å²) in [5.41, 5.74) is 1.72. The molecule has 2 N–H and O–H groups in total. The van der Waals surface area contributed by atoms with Crippen molar-refractivity contribution in [3.63, 3.8) is 0 Å². The van der Waals surface area contributed by atoms with Gasteiger partial charge in [0.15, 0.2) is 0 Å². The van der Waals surface area contributed by atoms with Crippen molar-refractivity contribution in [1.82, 2.24) is 10.2 Å². The third-order valence-electron chi connectivity index (χ3n) is 2.75. The molecule has 0 heterocycles. The van der Waals surface area contributed by atoms with Crippen LogP contribution in [0, 0.1) is 11.3 Å². The summed E-state index contributed by atoms with van der Waals surface area (Å²) in [6.07, 6.45) is -0.387. The molecule has 0 saturated carbocycles. The Morgan fingerprint density at radius 2 is 2.17 bits per heavy atom. The van der Waals surface area contributed by atoms with Crippen LogP contribution >= 0.6 is 0 Å². The highest BCUT2D eigenvalue weighted by atomic mass is 16.3. The first-order valence-corrected chi connectivity index (χ1v) is 6.09. The van der Waals surface area contributed by atoms with Gasteiger partial charge in [0, 0.05) is 19.1 Å². The van der Waals surface area contributed by atoms with Crippen LogP contribution in [0.4, 0.5) is 0 Å². The van der Waals surface area contributed by atoms with Gasteiger partial charge in [0.05, 0.1) is 17.7 Å². The number of nitrogens with zero attached hydrogens (tertiary/aromatic N) is 2. The standard InChI is InChI=1S/C14H21N3O/c1-11(16-9-14(18)10-17(2)3)13-6-4-5-12(7-13)8-15/h4-7,11,14,16,18H,9-10H2,1-3H3. The van der Waals surface area contributed by atoms with E-state index in [0.29, 0.717) is 18.7 Å². The molecule has 0 saturated heterocycles. The largest absolute Gasteiger partial charge is 0.390 e. The third-order valence-corrected chi connectivity index (χ3v) is 2.75. The Morgan fingerprint density at radius 1 is 1.44 bits per heavy atom. The average Bonchev–Trinajstić information content (AvgIpc) is 2.35. The zero-order valence-corrected chi connectivity index (χ0v) is 11.2. The highest BCUT2D eigenvalue weighted by Crippen LogP contribution is 2.13. The number of likely N-dealkylation sites (N-methyl/N-ethyl adjacent to an activating group) is 1. The molecule has 0 spiro atoms. The normalized spacial score (nSPS) is 14.2. The number of rotatable bonds is 6. The minimum Gasteiger partial charge on any atom is -0.390 e. The second-order valence-electron chi connectivity index (χ2n) is 4.78. The predicted octanol–water partition coefficient (Wildman–Crippen LogP) is 1.13. The molecule has 4 heteroatoms. The van der Waals surface area contributed by atoms with E-state index in [2.05, 4.69) is 11.4 Å². The van der Waals surface area contributed by atoms with Crippen molar-refractivity contribution >= 4 is 0 Å². The van der Waals surface area contributed by atoms with Crippen LogP contribution in [-0.2, 0) is 0 Å². The Balaban J connectivity index is 2.50. The van der Waals surface area contributed by atoms with Crippen molar-refractivity contribution in [2.45, 2.75) is 19.1 Å². The Hall–Kier alpha value is -1.41. The summed E-state index contributed by atoms with van der Waals surface area (Å²) in [6.45, 7) is 3.20. The van der Waals surface area contributed by atoms with Gasteiger partial charge in [0.2, 0.25) is 0 Å². The molecule has 0 radical (unpaired) electrons. The van der Waals surface area contributed by atoms with Crippen LogP contribution in [0.25, 0.3) is 0 Å². The number of hydrogen-bond acceptors (Lipinski definition) is 4. The SMILES string of the molecule is CC(NCC(O)CN(C)C)c1cccc(C#N)c1. The fourth-order valence-electron chi connectivity index (χ4n) is 1.79. The first-order chi connectivity index (χ1) is 8.52. The second-order valence-corrected chi connectivity index (χ2v) is 4.78. The summed E-state index contributed by atoms with van der Waals surface area (Å²) in [7, 11) is 3.87. The lowest BCUT2D eigenvalue weighted by Gasteiger charge is -2.20. The van der Waals surface area contributed by atoms with E-state index in [0.717, 1.165) is 5.56 Å². The molecule has 0 amide bonds. The topological polar surface area (TPSA) is 59.3 Å². The third kappa shape index (κ3) is 4.84. The maximum Gasteiger partial charge on any atom is 0.0991 e. The van der Waals surface area contributed by atoms with E-state index < -0.39 is 0 Å². The number of aliphatic hydroxyl groups is 1. The van der Waals surface area contributed by atoms with Crippen LogP contribution in [0.15, 0.2) is 24.3 Å². The second kappa shape index (κ2) is 7.12. The van der Waals surface area contributed by atoms with E-state index >= 15 is 0 Å². The zero-order chi connectivity index (χ0) is 13.5. The van der Waals surface area contributed by atoms with E-state index in [4.69, 9.17) is 5.26 Å². The summed E-state index contributed by atoms with van der Waals surface area (Å²) in [4.78, 5) is 1.95. The minimum absolute atomic E-state index is 0.120. The molecule has 0 bridgehead atoms. The summed E-state index contributed by atoms with van der Waals surface area (Å²) < 4.78 is 0. The molecule has 1 rings (SSSR count). The molecule has 0 fully saturated rings. The Labute approximate surface area is 109 Å². The molecule has 4 nitrogen and oxygen atoms in total. The van der Waals surface area contributed by atoms with Gasteiger partial charge in [-0.1, -0.05) is 12.1 Å². The number of nitrogens with one attached hydrogen (secondary N) is 1. The van der Waals surface area contributed by atoms with Gasteiger partial charge in [0.25, 0.3) is 0 Å². The van der Waals surface area contributed by atoms with Gasteiger partial charge in [-0.05, 0) is 38.7 Å². The fraction of sp³-hybridized carbons (Fsp3) is 0.500. The maximum absolute atomic E-state index is 9.76. The van der Waals surface area contributed by atoms with E-state index in [1.165, 1.54) is 0 Å². The lowest BCUT2D eigenvalue weighted by atomic mass is 10.1. The van der Waals surface area contributed by atoms with Crippen molar-refractivity contribution in [2.75, 3.05) is 27.2 Å². The summed E-state index contributed by atoms with van der Waals surface area (Å²) in [5, 5.41) is 21.9. The van der Waals surface area contributed by atoms with Crippen molar-refractivity contribution in [3.05, 3.63) is 35.4 Å². The minimum atomic E-state index is -0.387. The van der Waals surface area contributed by atoms with Crippen LogP contribution in [0.5, 0.6) is 0 Å². The monoisotopic (exact) mass is 247 g/mol. The number of hydrogen-bond donors (Lipinski definition) is 2. The molecule has 18 heavy (non-hydrogen) atoms. The van der Waals surface area contributed by atoms with Gasteiger partial charge in [-0.2, -0.15) is 5.26 Å². The summed E-state index contributed by atoms with van der Waals surface area (Å²) >= 11 is 0. The first-order valence-electron chi connectivity index (χ1n) is 6.09. The fourth-order valence-corrected chi connectivity index (χ4v) is 1.79. The van der Waals surface area contributed by atoms with Crippen LogP contribution in [0.3, 0.4) is 0 Å². The van der Waals surface area contributed by atoms with Gasteiger partial charge >= 0.3 is 0 Å². The molecule has 1 aromatic rings. The zero-order valence-electron chi connectivity index (χ0n) is 11.2. The van der Waals surface area contributed by atoms with Crippen molar-refractivity contribution in [1.29, 1.82) is 5.26 Å². The van der Waals surface area contributed by atoms with Crippen LogP contribution in [0.2, 0.25) is 0 Å². The average molecular weight is 247 g/mol. The van der Waals surface area contributed by atoms with Gasteiger partial charge < -0.3 is 15.3 Å². The van der Waals surface area contributed by atoms with Gasteiger partial charge in [-0.15, -0.1) is 0 Å². The molecule has 98 valence electrons. The van der Waals surface area contributed by atoms with Crippen LogP contribution < -0.4 is 5.32 Å². The Kier molecular flexibility index (Phi) is 5.79. The number of aliphatic hydroxyl groups excluding tert-OH is 1. The van der Waals surface area contributed by atoms with Gasteiger partial charge in [-0.3, -0.25) is 0 Å². The molecule has 2 atom stereocenters. The molecule has 0 aromatic heterocycles. The first kappa shape index (κ1) is 14.7. The van der Waals surface area contributed by atoms with E-state index in [1.807, 2.05) is 44.1 Å². The van der Waals surface area contributed by atoms with Crippen molar-refractivity contribution in [2.24, 2.45) is 0 Å². The molecule has 1 aromatic carbocycles. The van der Waals surface area contributed by atoms with Gasteiger partial charge in [0.1, 0.15) is 0 Å². The molecule has 0 aliphatic heterocycles. The predicted molar refractivity (Wildman–Crippen MR) is 72.1 cm³/mol. The maximum atomic E-state index is 9.76. The molecule has 2 unspecified atom stereocenters. The molecular weight excluding hydrogens is 226 g/mol. The lowest BCUT2D eigenvalue weighted by molar-refractivity contribution is 0.132. The van der Waals surface area contributed by atoms with Gasteiger partial charge in [-0.25, -0.2) is 0 Å². The lowest BCUT2D eigenvalue weighted by Crippen LogP contribution is -2.36. The van der Waals surface area contributed by atoms with Crippen LogP contribution in [-0.4, -0.2) is 43.3 Å². The van der Waals surface area contributed by atoms with Crippen LogP contribution in [0.1, 0.15) is 24.1 Å². The smallest absolute Gasteiger partial charge is 0.0991 e. The Morgan fingerprint density at radius 3 is 2.78 bits per heavy atom. The number of benzene rings is 1. The van der Waals surface area contributed by atoms with Crippen molar-refractivity contribution < 1.29 is 5.11 Å².